The van der Waals surface area contributed by atoms with E-state index in [1.54, 1.807) is 0 Å². The number of hydrogen-bond acceptors (Lipinski definition) is 4. The molecular formula is C30H28N2O3. The number of benzene rings is 4. The highest BCUT2D eigenvalue weighted by molar-refractivity contribution is 6.01. The Balaban J connectivity index is 1.36. The van der Waals surface area contributed by atoms with Crippen molar-refractivity contribution in [3.63, 3.8) is 0 Å². The fraction of sp³-hybridized carbons (Fsp3) is 0.167. The minimum atomic E-state index is -0.340. The number of hydrogen-bond donors (Lipinski definition) is 1. The first-order valence-corrected chi connectivity index (χ1v) is 11.9. The molecule has 1 amide bonds. The highest BCUT2D eigenvalue weighted by atomic mass is 16.5. The highest BCUT2D eigenvalue weighted by Crippen LogP contribution is 2.36. The van der Waals surface area contributed by atoms with E-state index in [2.05, 4.69) is 17.4 Å². The molecule has 5 heteroatoms. The lowest BCUT2D eigenvalue weighted by Crippen LogP contribution is -2.44. The number of ether oxygens (including phenoxy) is 2. The van der Waals surface area contributed by atoms with E-state index in [4.69, 9.17) is 9.47 Å². The number of nitrogens with one attached hydrogen (secondary N) is 1. The van der Waals surface area contributed by atoms with Crippen LogP contribution in [0.1, 0.15) is 27.7 Å². The van der Waals surface area contributed by atoms with Crippen molar-refractivity contribution in [2.75, 3.05) is 25.1 Å². The van der Waals surface area contributed by atoms with Crippen LogP contribution in [0.25, 0.3) is 0 Å². The maximum Gasteiger partial charge on any atom is 0.257 e. The van der Waals surface area contributed by atoms with Gasteiger partial charge in [-0.1, -0.05) is 78.9 Å². The van der Waals surface area contributed by atoms with Crippen molar-refractivity contribution >= 4 is 11.6 Å². The summed E-state index contributed by atoms with van der Waals surface area (Å²) in [5.74, 6) is 1.56. The fourth-order valence-corrected chi connectivity index (χ4v) is 4.33. The average Bonchev–Trinajstić information content (AvgIpc) is 2.92. The lowest BCUT2D eigenvalue weighted by molar-refractivity contribution is 0.0682. The van der Waals surface area contributed by atoms with E-state index in [-0.39, 0.29) is 12.1 Å². The van der Waals surface area contributed by atoms with E-state index in [0.29, 0.717) is 25.3 Å². The molecule has 0 saturated carbocycles. The summed E-state index contributed by atoms with van der Waals surface area (Å²) < 4.78 is 11.9. The summed E-state index contributed by atoms with van der Waals surface area (Å²) >= 11 is 0. The molecule has 176 valence electrons. The molecule has 35 heavy (non-hydrogen) atoms. The zero-order chi connectivity index (χ0) is 23.9. The van der Waals surface area contributed by atoms with Crippen LogP contribution in [0.15, 0.2) is 109 Å². The third-order valence-electron chi connectivity index (χ3n) is 6.07. The molecule has 0 aromatic heterocycles. The summed E-state index contributed by atoms with van der Waals surface area (Å²) in [4.78, 5) is 15.5. The molecule has 1 unspecified atom stereocenters. The summed E-state index contributed by atoms with van der Waals surface area (Å²) in [7, 11) is 0. The molecular weight excluding hydrogens is 436 g/mol. The van der Waals surface area contributed by atoms with Crippen LogP contribution in [-0.2, 0) is 6.42 Å². The van der Waals surface area contributed by atoms with E-state index < -0.39 is 0 Å². The first kappa shape index (κ1) is 22.5. The second-order valence-electron chi connectivity index (χ2n) is 8.37. The van der Waals surface area contributed by atoms with Crippen molar-refractivity contribution in [1.29, 1.82) is 0 Å². The number of carbonyl (C=O) groups excluding carboxylic acids is 1. The molecule has 0 aliphatic carbocycles. The predicted octanol–water partition coefficient (Wildman–Crippen LogP) is 5.95. The number of rotatable bonds is 9. The van der Waals surface area contributed by atoms with Crippen LogP contribution in [0.4, 0.5) is 5.69 Å². The first-order valence-electron chi connectivity index (χ1n) is 11.9. The average molecular weight is 465 g/mol. The molecule has 1 aliphatic heterocycles. The maximum absolute atomic E-state index is 13.6. The predicted molar refractivity (Wildman–Crippen MR) is 138 cm³/mol. The van der Waals surface area contributed by atoms with Gasteiger partial charge in [0.25, 0.3) is 5.91 Å². The molecule has 4 aromatic carbocycles. The molecule has 4 aromatic rings. The molecule has 1 atom stereocenters. The fourth-order valence-electron chi connectivity index (χ4n) is 4.33. The van der Waals surface area contributed by atoms with Gasteiger partial charge in [-0.15, -0.1) is 0 Å². The molecule has 5 nitrogen and oxygen atoms in total. The van der Waals surface area contributed by atoms with Crippen molar-refractivity contribution in [2.45, 2.75) is 12.6 Å². The standard InChI is InChI=1S/C30H28N2O3/c33-30-25-15-7-9-17-27(25)31-29(32(30)20-19-23-11-3-1-4-12-23)26-16-8-10-18-28(26)35-22-21-34-24-13-5-2-6-14-24/h1-18,29,31H,19-22H2. The summed E-state index contributed by atoms with van der Waals surface area (Å²) in [5.41, 5.74) is 3.63. The maximum atomic E-state index is 13.6. The summed E-state index contributed by atoms with van der Waals surface area (Å²) in [5, 5.41) is 3.58. The van der Waals surface area contributed by atoms with E-state index in [0.717, 1.165) is 29.2 Å². The van der Waals surface area contributed by atoms with Gasteiger partial charge in [0.2, 0.25) is 0 Å². The van der Waals surface area contributed by atoms with Crippen LogP contribution < -0.4 is 14.8 Å². The Kier molecular flexibility index (Phi) is 6.94. The van der Waals surface area contributed by atoms with E-state index in [1.807, 2.05) is 102 Å². The molecule has 5 rings (SSSR count). The molecule has 0 fully saturated rings. The molecule has 0 bridgehead atoms. The third-order valence-corrected chi connectivity index (χ3v) is 6.07. The van der Waals surface area contributed by atoms with Crippen molar-refractivity contribution in [2.24, 2.45) is 0 Å². The van der Waals surface area contributed by atoms with Gasteiger partial charge in [0.1, 0.15) is 30.9 Å². The van der Waals surface area contributed by atoms with E-state index in [1.165, 1.54) is 5.56 Å². The quantitative estimate of drug-likeness (QED) is 0.311. The first-order chi connectivity index (χ1) is 17.3. The zero-order valence-corrected chi connectivity index (χ0v) is 19.5. The van der Waals surface area contributed by atoms with Crippen LogP contribution >= 0.6 is 0 Å². The van der Waals surface area contributed by atoms with Crippen molar-refractivity contribution < 1.29 is 14.3 Å². The summed E-state index contributed by atoms with van der Waals surface area (Å²) in [6.45, 7) is 1.41. The zero-order valence-electron chi connectivity index (χ0n) is 19.5. The Bertz CT molecular complexity index is 1260. The topological polar surface area (TPSA) is 50.8 Å². The molecule has 1 aliphatic rings. The van der Waals surface area contributed by atoms with Gasteiger partial charge in [0, 0.05) is 17.8 Å². The lowest BCUT2D eigenvalue weighted by atomic mass is 10.0. The number of carbonyl (C=O) groups is 1. The van der Waals surface area contributed by atoms with Gasteiger partial charge < -0.3 is 19.7 Å². The summed E-state index contributed by atoms with van der Waals surface area (Å²) in [6.07, 6.45) is 0.424. The van der Waals surface area contributed by atoms with Gasteiger partial charge in [-0.05, 0) is 42.3 Å². The van der Waals surface area contributed by atoms with Gasteiger partial charge in [0.05, 0.1) is 5.56 Å². The Morgan fingerprint density at radius 1 is 0.714 bits per heavy atom. The summed E-state index contributed by atoms with van der Waals surface area (Å²) in [6, 6.07) is 35.5. The second kappa shape index (κ2) is 10.8. The van der Waals surface area contributed by atoms with Gasteiger partial charge >= 0.3 is 0 Å². The van der Waals surface area contributed by atoms with Gasteiger partial charge in [0.15, 0.2) is 0 Å². The van der Waals surface area contributed by atoms with Gasteiger partial charge in [-0.3, -0.25) is 4.79 Å². The van der Waals surface area contributed by atoms with Crippen molar-refractivity contribution in [3.05, 3.63) is 126 Å². The third kappa shape index (κ3) is 5.30. The Labute approximate surface area is 205 Å². The number of amides is 1. The molecule has 0 saturated heterocycles. The second-order valence-corrected chi connectivity index (χ2v) is 8.37. The van der Waals surface area contributed by atoms with Crippen LogP contribution in [0, 0.1) is 0 Å². The van der Waals surface area contributed by atoms with Crippen molar-refractivity contribution in [3.8, 4) is 11.5 Å². The largest absolute Gasteiger partial charge is 0.490 e. The van der Waals surface area contributed by atoms with Crippen LogP contribution in [0.3, 0.4) is 0 Å². The Hall–Kier alpha value is -4.25. The molecule has 0 spiro atoms. The lowest BCUT2D eigenvalue weighted by Gasteiger charge is -2.38. The smallest absolute Gasteiger partial charge is 0.257 e. The molecule has 0 radical (unpaired) electrons. The number of para-hydroxylation sites is 3. The Morgan fingerprint density at radius 3 is 2.20 bits per heavy atom. The normalized spacial score (nSPS) is 14.7. The molecule has 1 N–H and O–H groups in total. The van der Waals surface area contributed by atoms with Gasteiger partial charge in [-0.25, -0.2) is 0 Å². The van der Waals surface area contributed by atoms with Crippen LogP contribution in [0.2, 0.25) is 0 Å². The number of nitrogens with zero attached hydrogens (tertiary/aromatic N) is 1. The van der Waals surface area contributed by atoms with E-state index in [9.17, 15) is 4.79 Å². The van der Waals surface area contributed by atoms with Crippen LogP contribution in [-0.4, -0.2) is 30.6 Å². The Morgan fingerprint density at radius 2 is 1.37 bits per heavy atom. The number of fused-ring (bicyclic) bond motifs is 1. The van der Waals surface area contributed by atoms with Gasteiger partial charge in [-0.2, -0.15) is 0 Å². The SMILES string of the molecule is O=C1c2ccccc2NC(c2ccccc2OCCOc2ccccc2)N1CCc1ccccc1. The minimum absolute atomic E-state index is 0.0162. The number of anilines is 1. The minimum Gasteiger partial charge on any atom is -0.490 e. The highest BCUT2D eigenvalue weighted by Gasteiger charge is 2.34. The monoisotopic (exact) mass is 464 g/mol. The van der Waals surface area contributed by atoms with E-state index >= 15 is 0 Å². The van der Waals surface area contributed by atoms with Crippen LogP contribution in [0.5, 0.6) is 11.5 Å². The molecule has 1 heterocycles. The van der Waals surface area contributed by atoms with Crippen molar-refractivity contribution in [1.82, 2.24) is 4.90 Å².